The standard InChI is InChI=1S/C19H20N8O2/c1-3-4-5-6-7-10-20-19(28)23-18-22-15-13(12-26(2)24-15)17-21-16(25-27(17)18)14-9-8-11-29-14/h1,8-9,11-12H,4-7,10H2,2H3,(H2,20,22,23,24,28). The molecule has 0 fully saturated rings. The summed E-state index contributed by atoms with van der Waals surface area (Å²) in [7, 11) is 1.79. The maximum Gasteiger partial charge on any atom is 0.321 e. The predicted molar refractivity (Wildman–Crippen MR) is 107 cm³/mol. The summed E-state index contributed by atoms with van der Waals surface area (Å²) in [6, 6.07) is 3.15. The van der Waals surface area contributed by atoms with Crippen LogP contribution < -0.4 is 10.6 Å². The molecule has 0 atom stereocenters. The van der Waals surface area contributed by atoms with E-state index in [2.05, 4.69) is 36.7 Å². The van der Waals surface area contributed by atoms with Gasteiger partial charge in [-0.1, -0.05) is 6.42 Å². The molecule has 0 saturated heterocycles. The third-order valence-corrected chi connectivity index (χ3v) is 4.32. The van der Waals surface area contributed by atoms with Crippen LogP contribution in [0.15, 0.2) is 29.0 Å². The lowest BCUT2D eigenvalue weighted by Gasteiger charge is -2.07. The van der Waals surface area contributed by atoms with E-state index in [9.17, 15) is 4.79 Å². The lowest BCUT2D eigenvalue weighted by Crippen LogP contribution is -2.30. The van der Waals surface area contributed by atoms with Crippen molar-refractivity contribution >= 4 is 28.7 Å². The number of amides is 2. The Balaban J connectivity index is 1.57. The fourth-order valence-corrected chi connectivity index (χ4v) is 2.97. The molecule has 4 aromatic heterocycles. The van der Waals surface area contributed by atoms with Crippen LogP contribution in [0.4, 0.5) is 10.7 Å². The zero-order valence-electron chi connectivity index (χ0n) is 15.9. The van der Waals surface area contributed by atoms with E-state index in [1.54, 1.807) is 36.3 Å². The Kier molecular flexibility index (Phi) is 5.11. The van der Waals surface area contributed by atoms with Crippen LogP contribution in [0.2, 0.25) is 0 Å². The molecule has 0 aliphatic carbocycles. The maximum atomic E-state index is 12.3. The second kappa shape index (κ2) is 8.02. The molecule has 4 aromatic rings. The van der Waals surface area contributed by atoms with Gasteiger partial charge in [-0.3, -0.25) is 10.00 Å². The average Bonchev–Trinajstić information content (AvgIpc) is 3.42. The van der Waals surface area contributed by atoms with Gasteiger partial charge in [-0.05, 0) is 25.0 Å². The molecule has 0 radical (unpaired) electrons. The number of carbonyl (C=O) groups excluding carboxylic acids is 1. The molecule has 0 saturated carbocycles. The van der Waals surface area contributed by atoms with Crippen molar-refractivity contribution in [3.8, 4) is 23.9 Å². The van der Waals surface area contributed by atoms with Gasteiger partial charge in [-0.2, -0.15) is 14.6 Å². The van der Waals surface area contributed by atoms with E-state index in [0.29, 0.717) is 29.4 Å². The number of rotatable bonds is 7. The van der Waals surface area contributed by atoms with Gasteiger partial charge in [0.1, 0.15) is 0 Å². The van der Waals surface area contributed by atoms with E-state index in [-0.39, 0.29) is 12.0 Å². The van der Waals surface area contributed by atoms with Gasteiger partial charge in [0.05, 0.1) is 11.6 Å². The van der Waals surface area contributed by atoms with Gasteiger partial charge in [-0.15, -0.1) is 17.4 Å². The fourth-order valence-electron chi connectivity index (χ4n) is 2.97. The van der Waals surface area contributed by atoms with Crippen LogP contribution in [0.5, 0.6) is 0 Å². The van der Waals surface area contributed by atoms with Gasteiger partial charge < -0.3 is 9.73 Å². The highest BCUT2D eigenvalue weighted by Crippen LogP contribution is 2.23. The van der Waals surface area contributed by atoms with Crippen molar-refractivity contribution in [2.45, 2.75) is 25.7 Å². The largest absolute Gasteiger partial charge is 0.461 e. The first-order valence-electron chi connectivity index (χ1n) is 9.28. The fraction of sp³-hybridized carbons (Fsp3) is 0.316. The Morgan fingerprint density at radius 2 is 2.17 bits per heavy atom. The summed E-state index contributed by atoms with van der Waals surface area (Å²) in [4.78, 5) is 21.3. The molecule has 0 spiro atoms. The molecule has 2 N–H and O–H groups in total. The molecular formula is C19H20N8O2. The molecule has 0 aliphatic heterocycles. The summed E-state index contributed by atoms with van der Waals surface area (Å²) in [5.74, 6) is 3.75. The maximum absolute atomic E-state index is 12.3. The average molecular weight is 392 g/mol. The first kappa shape index (κ1) is 18.5. The third kappa shape index (κ3) is 3.89. The molecule has 0 aliphatic rings. The highest BCUT2D eigenvalue weighted by molar-refractivity contribution is 5.93. The summed E-state index contributed by atoms with van der Waals surface area (Å²) in [6.07, 6.45) is 12.1. The molecule has 4 heterocycles. The van der Waals surface area contributed by atoms with Gasteiger partial charge in [0.25, 0.3) is 0 Å². The number of fused-ring (bicyclic) bond motifs is 3. The van der Waals surface area contributed by atoms with Crippen LogP contribution in [0.1, 0.15) is 25.7 Å². The minimum absolute atomic E-state index is 0.223. The van der Waals surface area contributed by atoms with E-state index in [1.807, 2.05) is 0 Å². The first-order chi connectivity index (χ1) is 14.2. The zero-order valence-corrected chi connectivity index (χ0v) is 15.9. The van der Waals surface area contributed by atoms with Crippen molar-refractivity contribution in [3.63, 3.8) is 0 Å². The number of terminal acetylenes is 1. The van der Waals surface area contributed by atoms with Crippen molar-refractivity contribution in [2.24, 2.45) is 7.05 Å². The number of nitrogens with zero attached hydrogens (tertiary/aromatic N) is 6. The number of urea groups is 1. The van der Waals surface area contributed by atoms with Crippen LogP contribution in [-0.2, 0) is 7.05 Å². The minimum Gasteiger partial charge on any atom is -0.461 e. The molecule has 4 rings (SSSR count). The SMILES string of the molecule is C#CCCCCCNC(=O)Nc1nc2nn(C)cc2c2nc(-c3ccco3)nn12. The van der Waals surface area contributed by atoms with Gasteiger partial charge in [-0.25, -0.2) is 9.78 Å². The monoisotopic (exact) mass is 392 g/mol. The van der Waals surface area contributed by atoms with Crippen LogP contribution in [0.3, 0.4) is 0 Å². The van der Waals surface area contributed by atoms with Crippen LogP contribution in [0.25, 0.3) is 28.3 Å². The number of hydrogen-bond acceptors (Lipinski definition) is 6. The number of aromatic nitrogens is 6. The second-order valence-corrected chi connectivity index (χ2v) is 6.52. The highest BCUT2D eigenvalue weighted by atomic mass is 16.3. The van der Waals surface area contributed by atoms with Crippen LogP contribution in [-0.4, -0.2) is 41.9 Å². The van der Waals surface area contributed by atoms with E-state index >= 15 is 0 Å². The zero-order chi connectivity index (χ0) is 20.2. The molecular weight excluding hydrogens is 372 g/mol. The molecule has 2 amide bonds. The quantitative estimate of drug-likeness (QED) is 0.369. The summed E-state index contributed by atoms with van der Waals surface area (Å²) in [5, 5.41) is 15.0. The Bertz CT molecular complexity index is 1180. The summed E-state index contributed by atoms with van der Waals surface area (Å²) >= 11 is 0. The summed E-state index contributed by atoms with van der Waals surface area (Å²) in [6.45, 7) is 0.542. The van der Waals surface area contributed by atoms with Gasteiger partial charge in [0.15, 0.2) is 17.1 Å². The topological polar surface area (TPSA) is 115 Å². The highest BCUT2D eigenvalue weighted by Gasteiger charge is 2.18. The number of nitrogens with one attached hydrogen (secondary N) is 2. The van der Waals surface area contributed by atoms with Gasteiger partial charge in [0.2, 0.25) is 11.8 Å². The predicted octanol–water partition coefficient (Wildman–Crippen LogP) is 2.59. The Morgan fingerprint density at radius 1 is 1.28 bits per heavy atom. The van der Waals surface area contributed by atoms with E-state index < -0.39 is 0 Å². The van der Waals surface area contributed by atoms with Crippen molar-refractivity contribution in [2.75, 3.05) is 11.9 Å². The van der Waals surface area contributed by atoms with Crippen LogP contribution >= 0.6 is 0 Å². The van der Waals surface area contributed by atoms with Gasteiger partial charge >= 0.3 is 6.03 Å². The van der Waals surface area contributed by atoms with Gasteiger partial charge in [0, 0.05) is 26.2 Å². The minimum atomic E-state index is -0.374. The van der Waals surface area contributed by atoms with E-state index in [4.69, 9.17) is 10.8 Å². The number of unbranched alkanes of at least 4 members (excludes halogenated alkanes) is 3. The smallest absolute Gasteiger partial charge is 0.321 e. The Morgan fingerprint density at radius 3 is 2.97 bits per heavy atom. The lowest BCUT2D eigenvalue weighted by molar-refractivity contribution is 0.251. The number of hydrogen-bond donors (Lipinski definition) is 2. The van der Waals surface area contributed by atoms with Crippen molar-refractivity contribution in [3.05, 3.63) is 24.6 Å². The van der Waals surface area contributed by atoms with Crippen molar-refractivity contribution in [1.82, 2.24) is 34.7 Å². The molecule has 10 nitrogen and oxygen atoms in total. The van der Waals surface area contributed by atoms with Crippen molar-refractivity contribution < 1.29 is 9.21 Å². The molecule has 148 valence electrons. The first-order valence-corrected chi connectivity index (χ1v) is 9.28. The third-order valence-electron chi connectivity index (χ3n) is 4.32. The number of carbonyl (C=O) groups is 1. The number of furan rings is 1. The molecule has 29 heavy (non-hydrogen) atoms. The van der Waals surface area contributed by atoms with E-state index in [1.165, 1.54) is 4.52 Å². The summed E-state index contributed by atoms with van der Waals surface area (Å²) in [5.41, 5.74) is 0.988. The molecule has 0 unspecified atom stereocenters. The molecule has 10 heteroatoms. The molecule has 0 aromatic carbocycles. The van der Waals surface area contributed by atoms with E-state index in [0.717, 1.165) is 31.1 Å². The normalized spacial score (nSPS) is 11.0. The second-order valence-electron chi connectivity index (χ2n) is 6.52. The van der Waals surface area contributed by atoms with Crippen molar-refractivity contribution in [1.29, 1.82) is 0 Å². The number of anilines is 1. The number of aryl methyl sites for hydroxylation is 1. The lowest BCUT2D eigenvalue weighted by atomic mass is 10.2. The summed E-state index contributed by atoms with van der Waals surface area (Å²) < 4.78 is 8.51. The molecule has 0 bridgehead atoms. The Labute approximate surface area is 166 Å². The Hall–Kier alpha value is -3.87. The van der Waals surface area contributed by atoms with Crippen LogP contribution in [0, 0.1) is 12.3 Å².